The minimum Gasteiger partial charge on any atom is -0.293 e. The molecule has 0 aliphatic rings. The molecule has 2 atom stereocenters. The van der Waals surface area contributed by atoms with E-state index in [-0.39, 0.29) is 10.6 Å². The first-order valence-corrected chi connectivity index (χ1v) is 8.23. The molecule has 19 heavy (non-hydrogen) atoms. The summed E-state index contributed by atoms with van der Waals surface area (Å²) in [5.41, 5.74) is 1.54. The minimum atomic E-state index is -1.02. The molecule has 2 aromatic carbocycles. The fourth-order valence-corrected chi connectivity index (χ4v) is 2.82. The third kappa shape index (κ3) is 3.39. The van der Waals surface area contributed by atoms with Gasteiger partial charge < -0.3 is 0 Å². The molecule has 2 aromatic rings. The Balaban J connectivity index is 2.22. The Kier molecular flexibility index (Phi) is 4.66. The van der Waals surface area contributed by atoms with Crippen molar-refractivity contribution in [2.45, 2.75) is 9.72 Å². The second-order valence-corrected chi connectivity index (χ2v) is 6.41. The maximum Gasteiger partial charge on any atom is 0.180 e. The Morgan fingerprint density at radius 3 is 2.16 bits per heavy atom. The fraction of sp³-hybridized carbons (Fsp3) is 0.133. The first-order chi connectivity index (χ1) is 9.09. The number of ketones is 1. The van der Waals surface area contributed by atoms with E-state index in [1.807, 2.05) is 30.3 Å². The Labute approximate surface area is 123 Å². The lowest BCUT2D eigenvalue weighted by Gasteiger charge is -2.09. The fourth-order valence-electron chi connectivity index (χ4n) is 1.73. The molecule has 2 rings (SSSR count). The van der Waals surface area contributed by atoms with Crippen LogP contribution in [0.25, 0.3) is 0 Å². The molecule has 0 amide bonds. The van der Waals surface area contributed by atoms with Gasteiger partial charge >= 0.3 is 0 Å². The maximum atomic E-state index is 12.3. The number of carbonyl (C=O) groups excluding carboxylic acids is 1. The van der Waals surface area contributed by atoms with Crippen LogP contribution in [0.15, 0.2) is 59.5 Å². The van der Waals surface area contributed by atoms with Gasteiger partial charge in [0.15, 0.2) is 5.78 Å². The van der Waals surface area contributed by atoms with E-state index < -0.39 is 10.8 Å². The summed E-state index contributed by atoms with van der Waals surface area (Å²) in [5, 5.41) is 0. The lowest BCUT2D eigenvalue weighted by atomic mass is 10.0. The van der Waals surface area contributed by atoms with Crippen molar-refractivity contribution in [1.82, 2.24) is 0 Å². The molecule has 0 aliphatic carbocycles. The van der Waals surface area contributed by atoms with Crippen molar-refractivity contribution >= 4 is 32.5 Å². The van der Waals surface area contributed by atoms with Gasteiger partial charge in [0, 0.05) is 27.5 Å². The second-order valence-electron chi connectivity index (χ2n) is 4.12. The summed E-state index contributed by atoms with van der Waals surface area (Å²) >= 11 is 3.43. The highest BCUT2D eigenvalue weighted by Gasteiger charge is 2.18. The molecule has 0 aliphatic heterocycles. The monoisotopic (exact) mass is 336 g/mol. The average Bonchev–Trinajstić information content (AvgIpc) is 2.46. The van der Waals surface area contributed by atoms with E-state index in [0.717, 1.165) is 10.5 Å². The summed E-state index contributed by atoms with van der Waals surface area (Å²) in [6.45, 7) is 0. The van der Waals surface area contributed by atoms with E-state index in [9.17, 15) is 9.00 Å². The molecule has 0 aromatic heterocycles. The second kappa shape index (κ2) is 6.26. The molecule has 0 bridgehead atoms. The van der Waals surface area contributed by atoms with Crippen LogP contribution in [0.2, 0.25) is 0 Å². The summed E-state index contributed by atoms with van der Waals surface area (Å²) in [5.74, 6) is -0.000338. The molecule has 0 heterocycles. The first kappa shape index (κ1) is 14.2. The van der Waals surface area contributed by atoms with E-state index >= 15 is 0 Å². The molecule has 0 saturated carbocycles. The van der Waals surface area contributed by atoms with Crippen LogP contribution < -0.4 is 0 Å². The van der Waals surface area contributed by atoms with Gasteiger partial charge in [-0.3, -0.25) is 9.00 Å². The smallest absolute Gasteiger partial charge is 0.180 e. The lowest BCUT2D eigenvalue weighted by Crippen LogP contribution is -2.07. The van der Waals surface area contributed by atoms with Crippen molar-refractivity contribution in [2.75, 3.05) is 6.26 Å². The number of benzene rings is 2. The summed E-state index contributed by atoms with van der Waals surface area (Å²) in [6, 6.07) is 16.4. The van der Waals surface area contributed by atoms with Crippen LogP contribution in [0.3, 0.4) is 0 Å². The molecular weight excluding hydrogens is 324 g/mol. The standard InChI is InChI=1S/C15H13BrO2S/c1-19(18)13-9-7-12(8-10-13)15(17)14(16)11-5-3-2-4-6-11/h2-10,14H,1H3. The predicted octanol–water partition coefficient (Wildman–Crippen LogP) is 3.74. The van der Waals surface area contributed by atoms with E-state index in [2.05, 4.69) is 15.9 Å². The first-order valence-electron chi connectivity index (χ1n) is 5.76. The highest BCUT2D eigenvalue weighted by molar-refractivity contribution is 9.09. The third-order valence-electron chi connectivity index (χ3n) is 2.79. The van der Waals surface area contributed by atoms with Crippen molar-refractivity contribution in [3.63, 3.8) is 0 Å². The number of alkyl halides is 1. The van der Waals surface area contributed by atoms with Crippen molar-refractivity contribution in [3.8, 4) is 0 Å². The van der Waals surface area contributed by atoms with Crippen molar-refractivity contribution in [2.24, 2.45) is 0 Å². The summed E-state index contributed by atoms with van der Waals surface area (Å²) < 4.78 is 11.3. The zero-order chi connectivity index (χ0) is 13.8. The van der Waals surface area contributed by atoms with Crippen LogP contribution in [-0.4, -0.2) is 16.2 Å². The van der Waals surface area contributed by atoms with Crippen LogP contribution in [-0.2, 0) is 10.8 Å². The van der Waals surface area contributed by atoms with Gasteiger partial charge in [-0.15, -0.1) is 0 Å². The molecule has 98 valence electrons. The van der Waals surface area contributed by atoms with E-state index in [4.69, 9.17) is 0 Å². The Morgan fingerprint density at radius 1 is 1.05 bits per heavy atom. The van der Waals surface area contributed by atoms with Crippen LogP contribution in [0.4, 0.5) is 0 Å². The molecule has 2 nitrogen and oxygen atoms in total. The van der Waals surface area contributed by atoms with E-state index in [1.165, 1.54) is 0 Å². The number of rotatable bonds is 4. The molecule has 4 heteroatoms. The van der Waals surface area contributed by atoms with E-state index in [0.29, 0.717) is 5.56 Å². The number of hydrogen-bond acceptors (Lipinski definition) is 2. The largest absolute Gasteiger partial charge is 0.293 e. The molecule has 2 unspecified atom stereocenters. The molecule has 0 N–H and O–H groups in total. The highest BCUT2D eigenvalue weighted by atomic mass is 79.9. The Morgan fingerprint density at radius 2 is 1.63 bits per heavy atom. The van der Waals surface area contributed by atoms with Crippen molar-refractivity contribution < 1.29 is 9.00 Å². The quantitative estimate of drug-likeness (QED) is 0.629. The summed E-state index contributed by atoms with van der Waals surface area (Å²) in [6.07, 6.45) is 1.62. The molecule has 0 spiro atoms. The van der Waals surface area contributed by atoms with Crippen LogP contribution >= 0.6 is 15.9 Å². The number of Topliss-reactive ketones (excluding diaryl/α,β-unsaturated/α-hetero) is 1. The summed E-state index contributed by atoms with van der Waals surface area (Å²) in [7, 11) is -1.02. The average molecular weight is 337 g/mol. The number of halogens is 1. The number of hydrogen-bond donors (Lipinski definition) is 0. The van der Waals surface area contributed by atoms with Crippen molar-refractivity contribution in [1.29, 1.82) is 0 Å². The van der Waals surface area contributed by atoms with Crippen LogP contribution in [0.1, 0.15) is 20.7 Å². The predicted molar refractivity (Wildman–Crippen MR) is 81.2 cm³/mol. The highest BCUT2D eigenvalue weighted by Crippen LogP contribution is 2.27. The van der Waals surface area contributed by atoms with Gasteiger partial charge in [0.05, 0.1) is 0 Å². The van der Waals surface area contributed by atoms with Gasteiger partial charge in [0.1, 0.15) is 4.83 Å². The third-order valence-corrected chi connectivity index (χ3v) is 4.67. The van der Waals surface area contributed by atoms with Gasteiger partial charge in [-0.1, -0.05) is 58.4 Å². The number of carbonyl (C=O) groups is 1. The maximum absolute atomic E-state index is 12.3. The van der Waals surface area contributed by atoms with Crippen LogP contribution in [0.5, 0.6) is 0 Å². The zero-order valence-corrected chi connectivity index (χ0v) is 12.8. The van der Waals surface area contributed by atoms with Gasteiger partial charge in [0.2, 0.25) is 0 Å². The van der Waals surface area contributed by atoms with Gasteiger partial charge in [-0.2, -0.15) is 0 Å². The van der Waals surface area contributed by atoms with Crippen LogP contribution in [0, 0.1) is 0 Å². The van der Waals surface area contributed by atoms with Gasteiger partial charge in [-0.05, 0) is 17.7 Å². The summed E-state index contributed by atoms with van der Waals surface area (Å²) in [4.78, 5) is 12.7. The Bertz CT molecular complexity index is 593. The zero-order valence-electron chi connectivity index (χ0n) is 10.4. The molecule has 0 saturated heterocycles. The normalized spacial score (nSPS) is 13.8. The van der Waals surface area contributed by atoms with Gasteiger partial charge in [-0.25, -0.2) is 0 Å². The lowest BCUT2D eigenvalue weighted by molar-refractivity contribution is 0.0991. The molecule has 0 fully saturated rings. The topological polar surface area (TPSA) is 34.1 Å². The molecule has 0 radical (unpaired) electrons. The Hall–Kier alpha value is -1.26. The van der Waals surface area contributed by atoms with Gasteiger partial charge in [0.25, 0.3) is 0 Å². The minimum absolute atomic E-state index is 0.000338. The van der Waals surface area contributed by atoms with Crippen molar-refractivity contribution in [3.05, 3.63) is 65.7 Å². The SMILES string of the molecule is CS(=O)c1ccc(C(=O)C(Br)c2ccccc2)cc1. The van der Waals surface area contributed by atoms with E-state index in [1.54, 1.807) is 30.5 Å². The molecular formula is C15H13BrO2S.